The zero-order valence-corrected chi connectivity index (χ0v) is 23.3. The van der Waals surface area contributed by atoms with Crippen LogP contribution in [0.1, 0.15) is 81.1 Å². The largest absolute Gasteiger partial charge is 0.393 e. The number of aliphatic hydroxyl groups is 3. The van der Waals surface area contributed by atoms with Crippen LogP contribution in [0.4, 0.5) is 0 Å². The van der Waals surface area contributed by atoms with E-state index < -0.39 is 68.2 Å². The molecule has 37 heavy (non-hydrogen) atoms. The summed E-state index contributed by atoms with van der Waals surface area (Å²) in [6, 6.07) is 0. The molecule has 0 aliphatic heterocycles. The van der Waals surface area contributed by atoms with E-state index in [1.807, 2.05) is 26.8 Å². The van der Waals surface area contributed by atoms with Gasteiger partial charge in [0.2, 0.25) is 5.78 Å². The number of fused-ring (bicyclic) bond motifs is 5. The molecule has 0 amide bonds. The molecule has 0 radical (unpaired) electrons. The third kappa shape index (κ3) is 3.64. The first-order valence-corrected chi connectivity index (χ1v) is 13.3. The molecule has 4 rings (SSSR count). The number of hydrogen-bond acceptors (Lipinski definition) is 7. The Kier molecular flexibility index (Phi) is 6.09. The van der Waals surface area contributed by atoms with Crippen molar-refractivity contribution in [3.63, 3.8) is 0 Å². The topological polar surface area (TPSA) is 129 Å². The Morgan fingerprint density at radius 2 is 1.62 bits per heavy atom. The van der Waals surface area contributed by atoms with Crippen LogP contribution >= 0.6 is 0 Å². The highest BCUT2D eigenvalue weighted by Gasteiger charge is 2.74. The predicted octanol–water partition coefficient (Wildman–Crippen LogP) is 3.14. The van der Waals surface area contributed by atoms with E-state index in [4.69, 9.17) is 0 Å². The van der Waals surface area contributed by atoms with Gasteiger partial charge in [0.05, 0.1) is 17.1 Å². The molecule has 4 aliphatic carbocycles. The molecule has 3 N–H and O–H groups in total. The Bertz CT molecular complexity index is 1140. The summed E-state index contributed by atoms with van der Waals surface area (Å²) in [5.74, 6) is -3.09. The minimum absolute atomic E-state index is 0.00353. The average molecular weight is 515 g/mol. The summed E-state index contributed by atoms with van der Waals surface area (Å²) in [4.78, 5) is 52.9. The van der Waals surface area contributed by atoms with Crippen molar-refractivity contribution >= 4 is 23.1 Å². The normalized spacial score (nSPS) is 43.1. The van der Waals surface area contributed by atoms with Gasteiger partial charge in [-0.3, -0.25) is 19.2 Å². The van der Waals surface area contributed by atoms with Gasteiger partial charge in [-0.15, -0.1) is 0 Å². The Morgan fingerprint density at radius 3 is 2.19 bits per heavy atom. The summed E-state index contributed by atoms with van der Waals surface area (Å²) in [5.41, 5.74) is -5.75. The van der Waals surface area contributed by atoms with Crippen molar-refractivity contribution in [2.24, 2.45) is 39.4 Å². The quantitative estimate of drug-likeness (QED) is 0.299. The zero-order chi connectivity index (χ0) is 28.1. The second-order valence-electron chi connectivity index (χ2n) is 14.0. The average Bonchev–Trinajstić information content (AvgIpc) is 2.96. The minimum atomic E-state index is -1.97. The highest BCUT2D eigenvalue weighted by Crippen LogP contribution is 2.73. The van der Waals surface area contributed by atoms with Crippen LogP contribution in [-0.4, -0.2) is 55.8 Å². The lowest BCUT2D eigenvalue weighted by Crippen LogP contribution is -2.65. The summed E-state index contributed by atoms with van der Waals surface area (Å²) in [5, 5.41) is 33.0. The maximum atomic E-state index is 14.2. The Morgan fingerprint density at radius 1 is 1.03 bits per heavy atom. The second-order valence-corrected chi connectivity index (χ2v) is 14.0. The Hall–Kier alpha value is -1.96. The molecule has 3 saturated carbocycles. The molecule has 204 valence electrons. The molecule has 0 aromatic heterocycles. The molecule has 0 heterocycles. The fraction of sp³-hybridized carbons (Fsp3) is 0.733. The Balaban J connectivity index is 1.81. The lowest BCUT2D eigenvalue weighted by Gasteiger charge is -2.64. The summed E-state index contributed by atoms with van der Waals surface area (Å²) in [7, 11) is 0. The van der Waals surface area contributed by atoms with Gasteiger partial charge in [-0.25, -0.2) is 0 Å². The standard InChI is InChI=1S/C30H42O7/c1-25(2,36)12-11-21(33)30(8,37)23-19(32)14-27(5)20-10-9-16-17(13-18(31)24(35)26(16,3)4)29(20,7)22(34)15-28(23,27)6/h9,11-12,17,19-20,23,32,36-37H,10,13-15H2,1-8H3/t17-,19+,20+,23-,27+,28-,29+,30?/m1/s1. The van der Waals surface area contributed by atoms with E-state index in [1.54, 1.807) is 13.8 Å². The molecule has 7 heteroatoms. The van der Waals surface area contributed by atoms with Gasteiger partial charge in [0.15, 0.2) is 11.6 Å². The van der Waals surface area contributed by atoms with E-state index >= 15 is 0 Å². The highest BCUT2D eigenvalue weighted by molar-refractivity contribution is 6.40. The maximum absolute atomic E-state index is 14.2. The fourth-order valence-electron chi connectivity index (χ4n) is 8.82. The number of hydrogen-bond donors (Lipinski definition) is 3. The monoisotopic (exact) mass is 514 g/mol. The maximum Gasteiger partial charge on any atom is 0.207 e. The smallest absolute Gasteiger partial charge is 0.207 e. The summed E-state index contributed by atoms with van der Waals surface area (Å²) in [6.07, 6.45) is 4.32. The molecular weight excluding hydrogens is 472 g/mol. The minimum Gasteiger partial charge on any atom is -0.393 e. The number of carbonyl (C=O) groups excluding carboxylic acids is 4. The molecule has 1 unspecified atom stereocenters. The van der Waals surface area contributed by atoms with Gasteiger partial charge in [0.25, 0.3) is 0 Å². The highest BCUT2D eigenvalue weighted by atomic mass is 16.3. The lowest BCUT2D eigenvalue weighted by molar-refractivity contribution is -0.182. The van der Waals surface area contributed by atoms with Crippen LogP contribution in [0.15, 0.2) is 23.8 Å². The number of rotatable bonds is 4. The van der Waals surface area contributed by atoms with E-state index in [0.29, 0.717) is 12.8 Å². The molecule has 7 nitrogen and oxygen atoms in total. The van der Waals surface area contributed by atoms with Gasteiger partial charge in [0.1, 0.15) is 11.4 Å². The van der Waals surface area contributed by atoms with Crippen LogP contribution in [0, 0.1) is 39.4 Å². The first-order valence-electron chi connectivity index (χ1n) is 13.3. The third-order valence-corrected chi connectivity index (χ3v) is 11.0. The van der Waals surface area contributed by atoms with Gasteiger partial charge in [-0.2, -0.15) is 0 Å². The summed E-state index contributed by atoms with van der Waals surface area (Å²) in [6.45, 7) is 13.8. The summed E-state index contributed by atoms with van der Waals surface area (Å²) >= 11 is 0. The van der Waals surface area contributed by atoms with E-state index in [9.17, 15) is 34.5 Å². The van der Waals surface area contributed by atoms with Crippen molar-refractivity contribution < 1.29 is 34.5 Å². The van der Waals surface area contributed by atoms with E-state index in [-0.39, 0.29) is 24.5 Å². The third-order valence-electron chi connectivity index (χ3n) is 11.0. The number of Topliss-reactive ketones (excluding diaryl/α,β-unsaturated/α-hetero) is 3. The zero-order valence-electron chi connectivity index (χ0n) is 23.3. The van der Waals surface area contributed by atoms with Crippen LogP contribution in [0.5, 0.6) is 0 Å². The van der Waals surface area contributed by atoms with E-state index in [1.165, 1.54) is 26.8 Å². The van der Waals surface area contributed by atoms with Crippen molar-refractivity contribution in [3.8, 4) is 0 Å². The van der Waals surface area contributed by atoms with Crippen molar-refractivity contribution in [3.05, 3.63) is 23.8 Å². The SMILES string of the molecule is CC(C)(O)C=CC(=O)C(C)(O)[C@@H]1[C@@H](O)C[C@@]2(C)[C@@H]3CC=C4[C@@H](CC(=O)C(=O)C4(C)C)[C@]3(C)C(=O)C[C@]12C. The van der Waals surface area contributed by atoms with Gasteiger partial charge in [-0.1, -0.05) is 38.5 Å². The molecule has 0 aromatic carbocycles. The van der Waals surface area contributed by atoms with Gasteiger partial charge < -0.3 is 15.3 Å². The molecule has 0 bridgehead atoms. The van der Waals surface area contributed by atoms with Crippen molar-refractivity contribution in [1.29, 1.82) is 0 Å². The van der Waals surface area contributed by atoms with Crippen LogP contribution in [0.25, 0.3) is 0 Å². The second kappa shape index (κ2) is 8.03. The number of allylic oxidation sites excluding steroid dienone is 2. The first-order chi connectivity index (χ1) is 16.7. The van der Waals surface area contributed by atoms with Crippen LogP contribution in [-0.2, 0) is 19.2 Å². The van der Waals surface area contributed by atoms with Crippen molar-refractivity contribution in [2.45, 2.75) is 98.4 Å². The molecule has 8 atom stereocenters. The van der Waals surface area contributed by atoms with Gasteiger partial charge >= 0.3 is 0 Å². The summed E-state index contributed by atoms with van der Waals surface area (Å²) < 4.78 is 0. The van der Waals surface area contributed by atoms with Crippen LogP contribution < -0.4 is 0 Å². The number of aliphatic hydroxyl groups excluding tert-OH is 1. The van der Waals surface area contributed by atoms with Crippen LogP contribution in [0.3, 0.4) is 0 Å². The van der Waals surface area contributed by atoms with Gasteiger partial charge in [-0.05, 0) is 70.3 Å². The number of ketones is 4. The molecule has 0 aromatic rings. The van der Waals surface area contributed by atoms with Crippen LogP contribution in [0.2, 0.25) is 0 Å². The number of carbonyl (C=O) groups is 4. The lowest BCUT2D eigenvalue weighted by atomic mass is 9.38. The molecule has 0 spiro atoms. The van der Waals surface area contributed by atoms with E-state index in [0.717, 1.165) is 11.6 Å². The van der Waals surface area contributed by atoms with Gasteiger partial charge in [0, 0.05) is 30.1 Å². The predicted molar refractivity (Wildman–Crippen MR) is 137 cm³/mol. The molecule has 3 fully saturated rings. The molecule has 0 saturated heterocycles. The fourth-order valence-corrected chi connectivity index (χ4v) is 8.82. The molecular formula is C30H42O7. The van der Waals surface area contributed by atoms with Crippen molar-refractivity contribution in [1.82, 2.24) is 0 Å². The first kappa shape index (κ1) is 28.1. The van der Waals surface area contributed by atoms with E-state index in [2.05, 4.69) is 0 Å². The van der Waals surface area contributed by atoms with Crippen molar-refractivity contribution in [2.75, 3.05) is 0 Å². The molecule has 4 aliphatic rings. The Labute approximate surface area is 219 Å².